The minimum atomic E-state index is -0.425. The molecule has 1 aliphatic rings. The van der Waals surface area contributed by atoms with Gasteiger partial charge in [0.15, 0.2) is 5.82 Å². The Kier molecular flexibility index (Phi) is 2.98. The van der Waals surface area contributed by atoms with E-state index in [0.29, 0.717) is 4.47 Å². The topological polar surface area (TPSA) is 34.1 Å². The van der Waals surface area contributed by atoms with Gasteiger partial charge in [0.25, 0.3) is 5.88 Å². The Labute approximate surface area is 89.8 Å². The first-order valence-corrected chi connectivity index (χ1v) is 5.23. The summed E-state index contributed by atoms with van der Waals surface area (Å²) in [6, 6.07) is 1.35. The standard InChI is InChI=1S/C9H10BrFN2O/c10-6-3-8(11)9(13-4-6)14-7-1-2-12-5-7/h3-4,7,12H,1-2,5H2. The summed E-state index contributed by atoms with van der Waals surface area (Å²) in [6.07, 6.45) is 2.47. The van der Waals surface area contributed by atoms with Gasteiger partial charge < -0.3 is 10.1 Å². The van der Waals surface area contributed by atoms with Crippen LogP contribution in [0.5, 0.6) is 5.88 Å². The van der Waals surface area contributed by atoms with Crippen LogP contribution in [0.3, 0.4) is 0 Å². The fraction of sp³-hybridized carbons (Fsp3) is 0.444. The van der Waals surface area contributed by atoms with Crippen LogP contribution in [-0.2, 0) is 0 Å². The highest BCUT2D eigenvalue weighted by atomic mass is 79.9. The summed E-state index contributed by atoms with van der Waals surface area (Å²) in [5.74, 6) is -0.340. The zero-order valence-corrected chi connectivity index (χ0v) is 9.05. The average molecular weight is 261 g/mol. The SMILES string of the molecule is Fc1cc(Br)cnc1OC1CCNC1. The fourth-order valence-electron chi connectivity index (χ4n) is 1.38. The van der Waals surface area contributed by atoms with E-state index in [0.717, 1.165) is 19.5 Å². The average Bonchev–Trinajstić information content (AvgIpc) is 2.62. The molecule has 1 aliphatic heterocycles. The summed E-state index contributed by atoms with van der Waals surface area (Å²) in [4.78, 5) is 3.87. The fourth-order valence-corrected chi connectivity index (χ4v) is 1.68. The molecule has 0 aromatic carbocycles. The van der Waals surface area contributed by atoms with E-state index in [4.69, 9.17) is 4.74 Å². The maximum Gasteiger partial charge on any atom is 0.250 e. The zero-order valence-electron chi connectivity index (χ0n) is 7.46. The molecule has 5 heteroatoms. The van der Waals surface area contributed by atoms with Crippen molar-refractivity contribution in [2.75, 3.05) is 13.1 Å². The van der Waals surface area contributed by atoms with Crippen molar-refractivity contribution in [3.05, 3.63) is 22.6 Å². The van der Waals surface area contributed by atoms with Crippen LogP contribution >= 0.6 is 15.9 Å². The molecule has 0 radical (unpaired) electrons. The molecule has 1 aromatic rings. The van der Waals surface area contributed by atoms with Crippen LogP contribution in [0.2, 0.25) is 0 Å². The molecule has 1 N–H and O–H groups in total. The number of nitrogens with zero attached hydrogens (tertiary/aromatic N) is 1. The minimum Gasteiger partial charge on any atom is -0.471 e. The second kappa shape index (κ2) is 4.23. The summed E-state index contributed by atoms with van der Waals surface area (Å²) in [5, 5.41) is 3.14. The Hall–Kier alpha value is -0.680. The largest absolute Gasteiger partial charge is 0.471 e. The second-order valence-electron chi connectivity index (χ2n) is 3.17. The van der Waals surface area contributed by atoms with Crippen LogP contribution in [0.1, 0.15) is 6.42 Å². The third-order valence-corrected chi connectivity index (χ3v) is 2.50. The Morgan fingerprint density at radius 2 is 2.50 bits per heavy atom. The van der Waals surface area contributed by atoms with Crippen LogP contribution in [0.25, 0.3) is 0 Å². The maximum atomic E-state index is 13.3. The van der Waals surface area contributed by atoms with Crippen molar-refractivity contribution in [1.82, 2.24) is 10.3 Å². The van der Waals surface area contributed by atoms with E-state index in [1.54, 1.807) is 0 Å². The van der Waals surface area contributed by atoms with Crippen LogP contribution in [-0.4, -0.2) is 24.2 Å². The second-order valence-corrected chi connectivity index (χ2v) is 4.09. The van der Waals surface area contributed by atoms with E-state index >= 15 is 0 Å². The number of hydrogen-bond acceptors (Lipinski definition) is 3. The molecular formula is C9H10BrFN2O. The summed E-state index contributed by atoms with van der Waals surface area (Å²) < 4.78 is 19.3. The van der Waals surface area contributed by atoms with Gasteiger partial charge >= 0.3 is 0 Å². The van der Waals surface area contributed by atoms with Crippen molar-refractivity contribution in [1.29, 1.82) is 0 Å². The molecule has 2 heterocycles. The molecule has 0 saturated carbocycles. The highest BCUT2D eigenvalue weighted by Crippen LogP contribution is 2.20. The molecule has 1 saturated heterocycles. The van der Waals surface area contributed by atoms with E-state index in [2.05, 4.69) is 26.2 Å². The van der Waals surface area contributed by atoms with Crippen molar-refractivity contribution in [2.45, 2.75) is 12.5 Å². The predicted octanol–water partition coefficient (Wildman–Crippen LogP) is 1.72. The molecule has 3 nitrogen and oxygen atoms in total. The monoisotopic (exact) mass is 260 g/mol. The lowest BCUT2D eigenvalue weighted by atomic mass is 10.3. The van der Waals surface area contributed by atoms with E-state index in [1.807, 2.05) is 0 Å². The molecule has 1 aromatic heterocycles. The third kappa shape index (κ3) is 2.22. The van der Waals surface area contributed by atoms with Crippen molar-refractivity contribution in [2.24, 2.45) is 0 Å². The van der Waals surface area contributed by atoms with Gasteiger partial charge in [0, 0.05) is 17.2 Å². The number of halogens is 2. The van der Waals surface area contributed by atoms with Crippen LogP contribution in [0, 0.1) is 5.82 Å². The molecule has 0 bridgehead atoms. The molecule has 1 unspecified atom stereocenters. The van der Waals surface area contributed by atoms with Gasteiger partial charge in [-0.05, 0) is 35.0 Å². The normalized spacial score (nSPS) is 21.1. The maximum absolute atomic E-state index is 13.3. The summed E-state index contributed by atoms with van der Waals surface area (Å²) in [5.41, 5.74) is 0. The van der Waals surface area contributed by atoms with Gasteiger partial charge in [0.1, 0.15) is 6.10 Å². The van der Waals surface area contributed by atoms with Gasteiger partial charge in [-0.2, -0.15) is 0 Å². The van der Waals surface area contributed by atoms with E-state index in [1.165, 1.54) is 12.3 Å². The summed E-state index contributed by atoms with van der Waals surface area (Å²) in [6.45, 7) is 1.68. The molecule has 0 spiro atoms. The van der Waals surface area contributed by atoms with Gasteiger partial charge in [0.05, 0.1) is 0 Å². The Morgan fingerprint density at radius 1 is 1.64 bits per heavy atom. The van der Waals surface area contributed by atoms with Gasteiger partial charge in [-0.3, -0.25) is 0 Å². The van der Waals surface area contributed by atoms with Gasteiger partial charge in [-0.15, -0.1) is 0 Å². The zero-order chi connectivity index (χ0) is 9.97. The summed E-state index contributed by atoms with van der Waals surface area (Å²) in [7, 11) is 0. The lowest BCUT2D eigenvalue weighted by Crippen LogP contribution is -2.20. The van der Waals surface area contributed by atoms with E-state index in [9.17, 15) is 4.39 Å². The molecule has 1 fully saturated rings. The Bertz CT molecular complexity index is 329. The van der Waals surface area contributed by atoms with E-state index < -0.39 is 5.82 Å². The first-order valence-electron chi connectivity index (χ1n) is 4.44. The number of ether oxygens (including phenoxy) is 1. The Balaban J connectivity index is 2.08. The molecule has 14 heavy (non-hydrogen) atoms. The number of aromatic nitrogens is 1. The van der Waals surface area contributed by atoms with Gasteiger partial charge in [-0.1, -0.05) is 0 Å². The molecule has 76 valence electrons. The molecular weight excluding hydrogens is 251 g/mol. The van der Waals surface area contributed by atoms with Gasteiger partial charge in [0.2, 0.25) is 0 Å². The molecule has 2 rings (SSSR count). The number of rotatable bonds is 2. The van der Waals surface area contributed by atoms with Crippen molar-refractivity contribution >= 4 is 15.9 Å². The van der Waals surface area contributed by atoms with E-state index in [-0.39, 0.29) is 12.0 Å². The van der Waals surface area contributed by atoms with Crippen LogP contribution in [0.15, 0.2) is 16.7 Å². The first-order chi connectivity index (χ1) is 6.75. The quantitative estimate of drug-likeness (QED) is 0.880. The van der Waals surface area contributed by atoms with Crippen molar-refractivity contribution in [3.8, 4) is 5.88 Å². The minimum absolute atomic E-state index is 0.0400. The van der Waals surface area contributed by atoms with Crippen LogP contribution in [0.4, 0.5) is 4.39 Å². The number of hydrogen-bond donors (Lipinski definition) is 1. The number of nitrogens with one attached hydrogen (secondary N) is 1. The predicted molar refractivity (Wildman–Crippen MR) is 53.8 cm³/mol. The summed E-state index contributed by atoms with van der Waals surface area (Å²) >= 11 is 3.14. The first kappa shape index (κ1) is 9.86. The van der Waals surface area contributed by atoms with Crippen LogP contribution < -0.4 is 10.1 Å². The lowest BCUT2D eigenvalue weighted by Gasteiger charge is -2.11. The van der Waals surface area contributed by atoms with Gasteiger partial charge in [-0.25, -0.2) is 9.37 Å². The van der Waals surface area contributed by atoms with Crippen molar-refractivity contribution in [3.63, 3.8) is 0 Å². The third-order valence-electron chi connectivity index (χ3n) is 2.07. The molecule has 1 atom stereocenters. The molecule has 0 aliphatic carbocycles. The highest BCUT2D eigenvalue weighted by molar-refractivity contribution is 9.10. The lowest BCUT2D eigenvalue weighted by molar-refractivity contribution is 0.203. The highest BCUT2D eigenvalue weighted by Gasteiger charge is 2.18. The van der Waals surface area contributed by atoms with Crippen molar-refractivity contribution < 1.29 is 9.13 Å². The Morgan fingerprint density at radius 3 is 3.14 bits per heavy atom. The smallest absolute Gasteiger partial charge is 0.250 e. The number of pyridine rings is 1. The molecule has 0 amide bonds.